The van der Waals surface area contributed by atoms with Crippen LogP contribution in [0.1, 0.15) is 31.4 Å². The molecule has 0 spiro atoms. The third kappa shape index (κ3) is 4.59. The number of para-hydroxylation sites is 2. The lowest BCUT2D eigenvalue weighted by Gasteiger charge is -2.25. The van der Waals surface area contributed by atoms with Crippen molar-refractivity contribution < 1.29 is 17.6 Å². The zero-order valence-corrected chi connectivity index (χ0v) is 17.5. The van der Waals surface area contributed by atoms with Crippen LogP contribution in [0.5, 0.6) is 0 Å². The topological polar surface area (TPSA) is 89.6 Å². The molecule has 0 radical (unpaired) electrons. The van der Waals surface area contributed by atoms with Crippen molar-refractivity contribution in [3.63, 3.8) is 0 Å². The minimum atomic E-state index is -3.25. The van der Waals surface area contributed by atoms with Gasteiger partial charge in [0, 0.05) is 26.3 Å². The number of carbonyl (C=O) groups is 1. The lowest BCUT2D eigenvalue weighted by atomic mass is 10.1. The third-order valence-electron chi connectivity index (χ3n) is 5.11. The predicted molar refractivity (Wildman–Crippen MR) is 110 cm³/mol. The van der Waals surface area contributed by atoms with Gasteiger partial charge in [0.2, 0.25) is 5.91 Å². The van der Waals surface area contributed by atoms with Crippen LogP contribution in [0.4, 0.5) is 0 Å². The molecule has 0 N–H and O–H groups in total. The van der Waals surface area contributed by atoms with Crippen LogP contribution >= 0.6 is 0 Å². The van der Waals surface area contributed by atoms with Crippen LogP contribution in [-0.4, -0.2) is 37.1 Å². The number of hydrogen-bond acceptors (Lipinski definition) is 5. The molecule has 0 bridgehead atoms. The molecule has 1 aromatic heterocycles. The summed E-state index contributed by atoms with van der Waals surface area (Å²) in [5.41, 5.74) is 2.11. The molecule has 1 amide bonds. The van der Waals surface area contributed by atoms with Crippen molar-refractivity contribution >= 4 is 26.8 Å². The van der Waals surface area contributed by atoms with E-state index in [1.807, 2.05) is 19.1 Å². The minimum absolute atomic E-state index is 0.0504. The monoisotopic (exact) mass is 416 g/mol. The molecular weight excluding hydrogens is 392 g/mol. The van der Waals surface area contributed by atoms with Crippen LogP contribution < -0.4 is 5.76 Å². The summed E-state index contributed by atoms with van der Waals surface area (Å²) in [7, 11) is -1.53. The maximum absolute atomic E-state index is 12.6. The summed E-state index contributed by atoms with van der Waals surface area (Å²) < 4.78 is 29.9. The number of sulfone groups is 1. The number of rotatable bonds is 7. The second kappa shape index (κ2) is 8.24. The van der Waals surface area contributed by atoms with Gasteiger partial charge in [-0.05, 0) is 43.2 Å². The van der Waals surface area contributed by atoms with Gasteiger partial charge in [-0.2, -0.15) is 0 Å². The van der Waals surface area contributed by atoms with Crippen LogP contribution in [0, 0.1) is 0 Å². The normalized spacial score (nSPS) is 12.8. The summed E-state index contributed by atoms with van der Waals surface area (Å²) in [5, 5.41) is 0. The Morgan fingerprint density at radius 2 is 1.79 bits per heavy atom. The van der Waals surface area contributed by atoms with Crippen molar-refractivity contribution in [1.82, 2.24) is 9.47 Å². The molecule has 154 valence electrons. The van der Waals surface area contributed by atoms with Crippen LogP contribution in [0.3, 0.4) is 0 Å². The van der Waals surface area contributed by atoms with Crippen molar-refractivity contribution in [3.05, 3.63) is 64.6 Å². The number of amides is 1. The standard InChI is InChI=1S/C21H24N2O5S/c1-15(16-10-12-17(13-11-16)29(3,26)27)22(2)20(24)9-6-14-23-18-7-4-5-8-19(18)28-21(23)25/h4-5,7-8,10-13,15H,6,9,14H2,1-3H3. The van der Waals surface area contributed by atoms with E-state index < -0.39 is 15.6 Å². The third-order valence-corrected chi connectivity index (χ3v) is 6.24. The molecule has 1 heterocycles. The summed E-state index contributed by atoms with van der Waals surface area (Å²) >= 11 is 0. The summed E-state index contributed by atoms with van der Waals surface area (Å²) in [6.07, 6.45) is 1.95. The average Bonchev–Trinajstić information content (AvgIpc) is 3.01. The molecule has 0 saturated carbocycles. The molecule has 0 aliphatic rings. The van der Waals surface area contributed by atoms with E-state index in [0.717, 1.165) is 17.3 Å². The highest BCUT2D eigenvalue weighted by Gasteiger charge is 2.18. The summed E-state index contributed by atoms with van der Waals surface area (Å²) in [4.78, 5) is 26.5. The molecule has 2 aromatic carbocycles. The van der Waals surface area contributed by atoms with Gasteiger partial charge in [0.05, 0.1) is 16.5 Å². The SMILES string of the molecule is CC(c1ccc(S(C)(=O)=O)cc1)N(C)C(=O)CCCn1c(=O)oc2ccccc21. The highest BCUT2D eigenvalue weighted by atomic mass is 32.2. The lowest BCUT2D eigenvalue weighted by Crippen LogP contribution is -2.29. The number of fused-ring (bicyclic) bond motifs is 1. The molecule has 7 nitrogen and oxygen atoms in total. The predicted octanol–water partition coefficient (Wildman–Crippen LogP) is 3.00. The largest absolute Gasteiger partial charge is 0.419 e. The zero-order chi connectivity index (χ0) is 21.2. The van der Waals surface area contributed by atoms with Gasteiger partial charge in [0.1, 0.15) is 0 Å². The molecule has 0 saturated heterocycles. The van der Waals surface area contributed by atoms with E-state index in [9.17, 15) is 18.0 Å². The Labute approximate surface area is 169 Å². The first-order valence-electron chi connectivity index (χ1n) is 9.32. The van der Waals surface area contributed by atoms with Gasteiger partial charge in [0.25, 0.3) is 0 Å². The van der Waals surface area contributed by atoms with Crippen LogP contribution in [0.25, 0.3) is 11.1 Å². The number of nitrogens with zero attached hydrogens (tertiary/aromatic N) is 2. The van der Waals surface area contributed by atoms with E-state index in [1.165, 1.54) is 4.57 Å². The molecule has 3 aromatic rings. The Bertz CT molecular complexity index is 1180. The Kier molecular flexibility index (Phi) is 5.93. The van der Waals surface area contributed by atoms with E-state index in [-0.39, 0.29) is 23.3 Å². The molecule has 3 rings (SSSR count). The highest BCUT2D eigenvalue weighted by Crippen LogP contribution is 2.22. The van der Waals surface area contributed by atoms with E-state index in [0.29, 0.717) is 18.5 Å². The second-order valence-corrected chi connectivity index (χ2v) is 9.13. The van der Waals surface area contributed by atoms with E-state index >= 15 is 0 Å². The van der Waals surface area contributed by atoms with Crippen molar-refractivity contribution in [3.8, 4) is 0 Å². The zero-order valence-electron chi connectivity index (χ0n) is 16.7. The van der Waals surface area contributed by atoms with Crippen molar-refractivity contribution in [2.75, 3.05) is 13.3 Å². The molecule has 1 unspecified atom stereocenters. The fourth-order valence-corrected chi connectivity index (χ4v) is 3.85. The Morgan fingerprint density at radius 3 is 2.45 bits per heavy atom. The average molecular weight is 416 g/mol. The Morgan fingerprint density at radius 1 is 1.14 bits per heavy atom. The lowest BCUT2D eigenvalue weighted by molar-refractivity contribution is -0.131. The van der Waals surface area contributed by atoms with Crippen LogP contribution in [-0.2, 0) is 21.2 Å². The quantitative estimate of drug-likeness (QED) is 0.591. The second-order valence-electron chi connectivity index (χ2n) is 7.11. The van der Waals surface area contributed by atoms with Crippen molar-refractivity contribution in [2.24, 2.45) is 0 Å². The number of aryl methyl sites for hydroxylation is 1. The van der Waals surface area contributed by atoms with Crippen LogP contribution in [0.2, 0.25) is 0 Å². The van der Waals surface area contributed by atoms with E-state index in [2.05, 4.69) is 0 Å². The number of carbonyl (C=O) groups excluding carboxylic acids is 1. The molecule has 1 atom stereocenters. The van der Waals surface area contributed by atoms with Crippen molar-refractivity contribution in [2.45, 2.75) is 37.2 Å². The summed E-state index contributed by atoms with van der Waals surface area (Å²) in [6, 6.07) is 13.5. The first-order valence-corrected chi connectivity index (χ1v) is 11.2. The number of benzene rings is 2. The first kappa shape index (κ1) is 20.9. The van der Waals surface area contributed by atoms with Gasteiger partial charge in [-0.1, -0.05) is 24.3 Å². The van der Waals surface area contributed by atoms with Gasteiger partial charge in [0.15, 0.2) is 15.4 Å². The molecule has 29 heavy (non-hydrogen) atoms. The summed E-state index contributed by atoms with van der Waals surface area (Å²) in [6.45, 7) is 2.29. The Hall–Kier alpha value is -2.87. The van der Waals surface area contributed by atoms with Gasteiger partial charge in [-0.25, -0.2) is 13.2 Å². The molecule has 8 heteroatoms. The Balaban J connectivity index is 1.61. The molecule has 0 fully saturated rings. The van der Waals surface area contributed by atoms with Gasteiger partial charge >= 0.3 is 5.76 Å². The fourth-order valence-electron chi connectivity index (χ4n) is 3.22. The number of hydrogen-bond donors (Lipinski definition) is 0. The van der Waals surface area contributed by atoms with Gasteiger partial charge in [-0.3, -0.25) is 9.36 Å². The first-order chi connectivity index (χ1) is 13.7. The number of oxazole rings is 1. The molecule has 0 aliphatic heterocycles. The highest BCUT2D eigenvalue weighted by molar-refractivity contribution is 7.90. The van der Waals surface area contributed by atoms with E-state index in [4.69, 9.17) is 4.42 Å². The summed E-state index contributed by atoms with van der Waals surface area (Å²) in [5.74, 6) is -0.475. The minimum Gasteiger partial charge on any atom is -0.408 e. The maximum Gasteiger partial charge on any atom is 0.419 e. The fraction of sp³-hybridized carbons (Fsp3) is 0.333. The molecular formula is C21H24N2O5S. The van der Waals surface area contributed by atoms with Crippen molar-refractivity contribution in [1.29, 1.82) is 0 Å². The molecule has 0 aliphatic carbocycles. The van der Waals surface area contributed by atoms with Gasteiger partial charge < -0.3 is 9.32 Å². The maximum atomic E-state index is 12.6. The van der Waals surface area contributed by atoms with Crippen LogP contribution in [0.15, 0.2) is 62.6 Å². The smallest absolute Gasteiger partial charge is 0.408 e. The van der Waals surface area contributed by atoms with E-state index in [1.54, 1.807) is 48.3 Å². The number of aromatic nitrogens is 1. The van der Waals surface area contributed by atoms with Gasteiger partial charge in [-0.15, -0.1) is 0 Å².